The van der Waals surface area contributed by atoms with E-state index in [1.807, 2.05) is 6.07 Å². The molecule has 1 aromatic carbocycles. The first-order valence-corrected chi connectivity index (χ1v) is 6.05. The summed E-state index contributed by atoms with van der Waals surface area (Å²) in [5.74, 6) is -0.0440. The molecule has 0 saturated carbocycles. The van der Waals surface area contributed by atoms with Crippen LogP contribution < -0.4 is 5.32 Å². The topological polar surface area (TPSA) is 79.4 Å². The Morgan fingerprint density at radius 3 is 2.81 bits per heavy atom. The van der Waals surface area contributed by atoms with E-state index in [-0.39, 0.29) is 11.5 Å². The molecule has 0 fully saturated rings. The largest absolute Gasteiger partial charge is 0.335 e. The van der Waals surface area contributed by atoms with E-state index >= 15 is 0 Å². The zero-order valence-corrected chi connectivity index (χ0v) is 10.7. The molecule has 7 heteroatoms. The lowest BCUT2D eigenvalue weighted by Gasteiger charge is -2.03. The quantitative estimate of drug-likeness (QED) is 0.797. The molecular weight excluding hydrogens is 271 g/mol. The predicted octanol–water partition coefficient (Wildman–Crippen LogP) is 2.42. The fraction of sp³-hybridized carbons (Fsp3) is 0. The van der Waals surface area contributed by atoms with Gasteiger partial charge in [0.05, 0.1) is 18.1 Å². The van der Waals surface area contributed by atoms with Crippen LogP contribution in [0.15, 0.2) is 49.1 Å². The van der Waals surface area contributed by atoms with E-state index in [1.54, 1.807) is 24.4 Å². The smallest absolute Gasteiger partial charge is 0.183 e. The molecule has 0 saturated heterocycles. The highest BCUT2D eigenvalue weighted by Gasteiger charge is 2.08. The highest BCUT2D eigenvalue weighted by atomic mass is 19.1. The van der Waals surface area contributed by atoms with Gasteiger partial charge in [0.15, 0.2) is 11.5 Å². The Morgan fingerprint density at radius 1 is 1.19 bits per heavy atom. The monoisotopic (exact) mass is 280 g/mol. The summed E-state index contributed by atoms with van der Waals surface area (Å²) in [6, 6.07) is 8.26. The van der Waals surface area contributed by atoms with Gasteiger partial charge in [-0.15, -0.1) is 0 Å². The molecule has 6 nitrogen and oxygen atoms in total. The van der Waals surface area contributed by atoms with Crippen LogP contribution in [0.4, 0.5) is 15.9 Å². The first-order valence-electron chi connectivity index (χ1n) is 6.05. The molecule has 21 heavy (non-hydrogen) atoms. The second kappa shape index (κ2) is 5.38. The number of halogens is 1. The van der Waals surface area contributed by atoms with Gasteiger partial charge in [0.2, 0.25) is 0 Å². The van der Waals surface area contributed by atoms with Gasteiger partial charge in [-0.3, -0.25) is 0 Å². The molecule has 0 bridgehead atoms. The van der Waals surface area contributed by atoms with Crippen LogP contribution >= 0.6 is 0 Å². The maximum atomic E-state index is 13.7. The Morgan fingerprint density at radius 2 is 2.00 bits per heavy atom. The van der Waals surface area contributed by atoms with Crippen LogP contribution in [-0.4, -0.2) is 19.7 Å². The normalized spacial score (nSPS) is 10.1. The molecule has 3 aromatic rings. The number of aromatic nitrogens is 4. The first kappa shape index (κ1) is 12.7. The van der Waals surface area contributed by atoms with E-state index in [2.05, 4.69) is 20.4 Å². The van der Waals surface area contributed by atoms with Crippen molar-refractivity contribution >= 4 is 11.5 Å². The second-order valence-corrected chi connectivity index (χ2v) is 4.12. The number of nitrogens with zero attached hydrogens (tertiary/aromatic N) is 5. The summed E-state index contributed by atoms with van der Waals surface area (Å²) in [5.41, 5.74) is 1.09. The highest BCUT2D eigenvalue weighted by molar-refractivity contribution is 5.59. The van der Waals surface area contributed by atoms with Gasteiger partial charge in [0, 0.05) is 12.4 Å². The summed E-state index contributed by atoms with van der Waals surface area (Å²) in [7, 11) is 0. The molecule has 0 amide bonds. The minimum Gasteiger partial charge on any atom is -0.335 e. The summed E-state index contributed by atoms with van der Waals surface area (Å²) in [5, 5.41) is 16.0. The van der Waals surface area contributed by atoms with Crippen LogP contribution in [0.1, 0.15) is 5.69 Å². The fourth-order valence-corrected chi connectivity index (χ4v) is 1.80. The Bertz CT molecular complexity index is 820. The lowest BCUT2D eigenvalue weighted by molar-refractivity contribution is 0.611. The standard InChI is InChI=1S/C14H9FN6/c15-11-3-1-2-4-13(11)21-9-10(8-19-21)20-14-12(7-16)17-5-6-18-14/h1-6,8-9H,(H,18,20). The van der Waals surface area contributed by atoms with Gasteiger partial charge in [0.25, 0.3) is 0 Å². The van der Waals surface area contributed by atoms with Crippen molar-refractivity contribution in [3.8, 4) is 11.8 Å². The maximum Gasteiger partial charge on any atom is 0.183 e. The summed E-state index contributed by atoms with van der Waals surface area (Å²) in [6.45, 7) is 0. The minimum atomic E-state index is -0.371. The number of nitriles is 1. The summed E-state index contributed by atoms with van der Waals surface area (Å²) in [4.78, 5) is 7.94. The van der Waals surface area contributed by atoms with Crippen molar-refractivity contribution in [1.82, 2.24) is 19.7 Å². The van der Waals surface area contributed by atoms with Crippen molar-refractivity contribution in [2.24, 2.45) is 0 Å². The molecule has 0 radical (unpaired) electrons. The van der Waals surface area contributed by atoms with Gasteiger partial charge in [0.1, 0.15) is 17.6 Å². The molecule has 102 valence electrons. The van der Waals surface area contributed by atoms with Gasteiger partial charge in [-0.25, -0.2) is 19.0 Å². The van der Waals surface area contributed by atoms with Crippen molar-refractivity contribution in [1.29, 1.82) is 5.26 Å². The van der Waals surface area contributed by atoms with Crippen LogP contribution in [0.25, 0.3) is 5.69 Å². The molecule has 2 heterocycles. The third kappa shape index (κ3) is 2.55. The number of rotatable bonds is 3. The summed E-state index contributed by atoms with van der Waals surface area (Å²) >= 11 is 0. The molecule has 0 atom stereocenters. The summed E-state index contributed by atoms with van der Waals surface area (Å²) in [6.07, 6.45) is 6.04. The van der Waals surface area contributed by atoms with E-state index < -0.39 is 0 Å². The van der Waals surface area contributed by atoms with Crippen molar-refractivity contribution < 1.29 is 4.39 Å². The van der Waals surface area contributed by atoms with Crippen LogP contribution in [0, 0.1) is 17.1 Å². The highest BCUT2D eigenvalue weighted by Crippen LogP contribution is 2.18. The average molecular weight is 280 g/mol. The second-order valence-electron chi connectivity index (χ2n) is 4.12. The van der Waals surface area contributed by atoms with E-state index in [4.69, 9.17) is 5.26 Å². The number of hydrogen-bond donors (Lipinski definition) is 1. The summed E-state index contributed by atoms with van der Waals surface area (Å²) < 4.78 is 15.1. The van der Waals surface area contributed by atoms with Gasteiger partial charge < -0.3 is 5.32 Å². The lowest BCUT2D eigenvalue weighted by Crippen LogP contribution is -1.99. The number of nitrogens with one attached hydrogen (secondary N) is 1. The zero-order valence-electron chi connectivity index (χ0n) is 10.7. The van der Waals surface area contributed by atoms with Gasteiger partial charge in [-0.1, -0.05) is 12.1 Å². The molecule has 0 aliphatic carbocycles. The Labute approximate surface area is 119 Å². The number of hydrogen-bond acceptors (Lipinski definition) is 5. The van der Waals surface area contributed by atoms with Crippen molar-refractivity contribution in [2.75, 3.05) is 5.32 Å². The van der Waals surface area contributed by atoms with Crippen molar-refractivity contribution in [3.05, 3.63) is 60.6 Å². The zero-order chi connectivity index (χ0) is 14.7. The molecule has 0 aliphatic rings. The Kier molecular flexibility index (Phi) is 3.27. The third-order valence-corrected chi connectivity index (χ3v) is 2.75. The predicted molar refractivity (Wildman–Crippen MR) is 73.6 cm³/mol. The van der Waals surface area contributed by atoms with E-state index in [0.29, 0.717) is 17.2 Å². The van der Waals surface area contributed by atoms with Gasteiger partial charge in [-0.05, 0) is 12.1 Å². The molecule has 0 spiro atoms. The first-order chi connectivity index (χ1) is 10.3. The average Bonchev–Trinajstić information content (AvgIpc) is 2.96. The van der Waals surface area contributed by atoms with Crippen LogP contribution in [-0.2, 0) is 0 Å². The minimum absolute atomic E-state index is 0.177. The van der Waals surface area contributed by atoms with Crippen LogP contribution in [0.2, 0.25) is 0 Å². The number of benzene rings is 1. The lowest BCUT2D eigenvalue weighted by atomic mass is 10.3. The van der Waals surface area contributed by atoms with Crippen LogP contribution in [0.3, 0.4) is 0 Å². The third-order valence-electron chi connectivity index (χ3n) is 2.75. The van der Waals surface area contributed by atoms with Crippen molar-refractivity contribution in [3.63, 3.8) is 0 Å². The number of anilines is 2. The maximum absolute atomic E-state index is 13.7. The SMILES string of the molecule is N#Cc1nccnc1Nc1cnn(-c2ccccc2F)c1. The molecule has 2 aromatic heterocycles. The van der Waals surface area contributed by atoms with Gasteiger partial charge in [-0.2, -0.15) is 10.4 Å². The van der Waals surface area contributed by atoms with E-state index in [1.165, 1.54) is 29.3 Å². The molecule has 3 rings (SSSR count). The van der Waals surface area contributed by atoms with Crippen LogP contribution in [0.5, 0.6) is 0 Å². The molecule has 0 aliphatic heterocycles. The Balaban J connectivity index is 1.90. The molecular formula is C14H9FN6. The fourth-order valence-electron chi connectivity index (χ4n) is 1.80. The molecule has 0 unspecified atom stereocenters. The molecule has 1 N–H and O–H groups in total. The number of para-hydroxylation sites is 1. The van der Waals surface area contributed by atoms with Gasteiger partial charge >= 0.3 is 0 Å². The van der Waals surface area contributed by atoms with E-state index in [9.17, 15) is 4.39 Å². The van der Waals surface area contributed by atoms with E-state index in [0.717, 1.165) is 0 Å². The van der Waals surface area contributed by atoms with Crippen molar-refractivity contribution in [2.45, 2.75) is 0 Å². The Hall–Kier alpha value is -3.27.